The lowest BCUT2D eigenvalue weighted by molar-refractivity contribution is -0.118. The Hall–Kier alpha value is -3.11. The number of carbonyl (C=O) groups is 1. The largest absolute Gasteiger partial charge is 0.493 e. The van der Waals surface area contributed by atoms with E-state index in [2.05, 4.69) is 0 Å². The van der Waals surface area contributed by atoms with Crippen LogP contribution in [0.2, 0.25) is 5.02 Å². The quantitative estimate of drug-likeness (QED) is 0.455. The number of rotatable bonds is 7. The van der Waals surface area contributed by atoms with Crippen LogP contribution in [0, 0.1) is 0 Å². The highest BCUT2D eigenvalue weighted by atomic mass is 35.5. The smallest absolute Gasteiger partial charge is 0.232 e. The summed E-state index contributed by atoms with van der Waals surface area (Å²) < 4.78 is 36.4. The Morgan fingerprint density at radius 2 is 1.67 bits per heavy atom. The van der Waals surface area contributed by atoms with Gasteiger partial charge in [-0.3, -0.25) is 4.79 Å². The molecule has 0 aromatic heterocycles. The van der Waals surface area contributed by atoms with Gasteiger partial charge in [0, 0.05) is 23.8 Å². The van der Waals surface area contributed by atoms with Crippen molar-refractivity contribution in [3.05, 3.63) is 87.9 Å². The Balaban J connectivity index is 1.56. The Labute approximate surface area is 233 Å². The minimum Gasteiger partial charge on any atom is -0.493 e. The van der Waals surface area contributed by atoms with Crippen molar-refractivity contribution in [3.8, 4) is 11.5 Å². The summed E-state index contributed by atoms with van der Waals surface area (Å²) in [6, 6.07) is 17.8. The molecule has 1 N–H and O–H groups in total. The molecule has 0 radical (unpaired) electrons. The second-order valence-corrected chi connectivity index (χ2v) is 12.8. The number of carbonyl (C=O) groups excluding carboxylic acids is 1. The van der Waals surface area contributed by atoms with E-state index < -0.39 is 21.7 Å². The maximum absolute atomic E-state index is 13.7. The topological polar surface area (TPSA) is 96.4 Å². The van der Waals surface area contributed by atoms with Gasteiger partial charge in [0.1, 0.15) is 5.60 Å². The molecule has 1 amide bonds. The van der Waals surface area contributed by atoms with E-state index in [0.717, 1.165) is 22.9 Å². The fourth-order valence-electron chi connectivity index (χ4n) is 5.22. The Bertz CT molecular complexity index is 1500. The van der Waals surface area contributed by atoms with Crippen molar-refractivity contribution in [2.45, 2.75) is 38.0 Å². The highest BCUT2D eigenvalue weighted by molar-refractivity contribution is 7.88. The Kier molecular flexibility index (Phi) is 7.13. The van der Waals surface area contributed by atoms with Crippen LogP contribution < -0.4 is 14.4 Å². The predicted octanol–water partition coefficient (Wildman–Crippen LogP) is 4.28. The number of ether oxygens (including phenoxy) is 2. The van der Waals surface area contributed by atoms with E-state index >= 15 is 0 Å². The van der Waals surface area contributed by atoms with Crippen LogP contribution in [0.15, 0.2) is 60.7 Å². The van der Waals surface area contributed by atoms with Crippen LogP contribution in [0.1, 0.15) is 42.1 Å². The van der Waals surface area contributed by atoms with Gasteiger partial charge >= 0.3 is 0 Å². The van der Waals surface area contributed by atoms with Gasteiger partial charge in [0.2, 0.25) is 15.9 Å². The van der Waals surface area contributed by atoms with Crippen molar-refractivity contribution in [3.63, 3.8) is 0 Å². The van der Waals surface area contributed by atoms with Crippen LogP contribution in [-0.2, 0) is 26.8 Å². The van der Waals surface area contributed by atoms with Gasteiger partial charge in [-0.1, -0.05) is 35.9 Å². The molecule has 2 aliphatic rings. The van der Waals surface area contributed by atoms with Crippen molar-refractivity contribution in [2.75, 3.05) is 31.4 Å². The molecule has 0 aliphatic carbocycles. The highest BCUT2D eigenvalue weighted by Crippen LogP contribution is 2.44. The molecule has 8 nitrogen and oxygen atoms in total. The molecule has 1 fully saturated rings. The normalized spacial score (nSPS) is 19.0. The number of anilines is 1. The van der Waals surface area contributed by atoms with E-state index in [1.807, 2.05) is 38.1 Å². The third-order valence-corrected chi connectivity index (χ3v) is 8.61. The van der Waals surface area contributed by atoms with Crippen LogP contribution in [0.3, 0.4) is 0 Å². The van der Waals surface area contributed by atoms with Gasteiger partial charge in [-0.2, -0.15) is 4.31 Å². The molecule has 2 aliphatic heterocycles. The summed E-state index contributed by atoms with van der Waals surface area (Å²) in [6.45, 7) is 3.88. The molecule has 3 aromatic carbocycles. The monoisotopic (exact) mass is 570 g/mol. The minimum absolute atomic E-state index is 0.00490. The second kappa shape index (κ2) is 10.1. The van der Waals surface area contributed by atoms with E-state index in [1.54, 1.807) is 48.4 Å². The zero-order valence-electron chi connectivity index (χ0n) is 22.2. The number of hydrogen-bond acceptors (Lipinski definition) is 6. The van der Waals surface area contributed by atoms with Crippen molar-refractivity contribution in [2.24, 2.45) is 0 Å². The van der Waals surface area contributed by atoms with E-state index in [-0.39, 0.29) is 31.5 Å². The number of nitrogens with zero attached hydrogens (tertiary/aromatic N) is 2. The van der Waals surface area contributed by atoms with E-state index in [0.29, 0.717) is 27.8 Å². The third kappa shape index (κ3) is 5.24. The van der Waals surface area contributed by atoms with Gasteiger partial charge in [0.05, 0.1) is 31.9 Å². The first kappa shape index (κ1) is 27.5. The van der Waals surface area contributed by atoms with E-state index in [1.165, 1.54) is 4.31 Å². The SMILES string of the molecule is COc1cc2c(cc1OC(C)C)[C@H](c1ccc(Cl)cc1)N(c1ccc(C3(O)CN(S(C)(=O)=O)C3)cc1)C(=O)C2. The lowest BCUT2D eigenvalue weighted by Crippen LogP contribution is -2.60. The molecule has 0 spiro atoms. The van der Waals surface area contributed by atoms with Crippen LogP contribution >= 0.6 is 11.6 Å². The van der Waals surface area contributed by atoms with E-state index in [9.17, 15) is 18.3 Å². The summed E-state index contributed by atoms with van der Waals surface area (Å²) in [5.41, 5.74) is 2.62. The Morgan fingerprint density at radius 3 is 2.23 bits per heavy atom. The molecule has 2 heterocycles. The summed E-state index contributed by atoms with van der Waals surface area (Å²) >= 11 is 6.19. The van der Waals surface area contributed by atoms with E-state index in [4.69, 9.17) is 21.1 Å². The molecule has 0 unspecified atom stereocenters. The Morgan fingerprint density at radius 1 is 1.03 bits per heavy atom. The average Bonchev–Trinajstić information content (AvgIpc) is 2.86. The number of fused-ring (bicyclic) bond motifs is 1. The lowest BCUT2D eigenvalue weighted by atomic mass is 9.85. The summed E-state index contributed by atoms with van der Waals surface area (Å²) in [5, 5.41) is 11.6. The first-order valence-electron chi connectivity index (χ1n) is 12.6. The molecule has 10 heteroatoms. The average molecular weight is 571 g/mol. The number of amides is 1. The maximum Gasteiger partial charge on any atom is 0.232 e. The molecule has 3 aromatic rings. The zero-order valence-corrected chi connectivity index (χ0v) is 23.8. The van der Waals surface area contributed by atoms with Crippen molar-refractivity contribution in [1.82, 2.24) is 4.31 Å². The number of sulfonamides is 1. The highest BCUT2D eigenvalue weighted by Gasteiger charge is 2.47. The minimum atomic E-state index is -3.37. The van der Waals surface area contributed by atoms with Gasteiger partial charge in [0.25, 0.3) is 0 Å². The van der Waals surface area contributed by atoms with Crippen LogP contribution in [0.5, 0.6) is 11.5 Å². The molecule has 39 heavy (non-hydrogen) atoms. The van der Waals surface area contributed by atoms with Gasteiger partial charge in [0.15, 0.2) is 11.5 Å². The van der Waals surface area contributed by atoms with Crippen molar-refractivity contribution >= 4 is 33.2 Å². The number of methoxy groups -OCH3 is 1. The summed E-state index contributed by atoms with van der Waals surface area (Å²) in [4.78, 5) is 15.4. The molecule has 5 rings (SSSR count). The summed E-state index contributed by atoms with van der Waals surface area (Å²) in [6.07, 6.45) is 1.22. The van der Waals surface area contributed by atoms with Gasteiger partial charge in [-0.05, 0) is 72.5 Å². The first-order chi connectivity index (χ1) is 18.4. The molecule has 0 saturated carbocycles. The predicted molar refractivity (Wildman–Crippen MR) is 150 cm³/mol. The third-order valence-electron chi connectivity index (χ3n) is 7.16. The molecule has 206 valence electrons. The van der Waals surface area contributed by atoms with Gasteiger partial charge in [-0.15, -0.1) is 0 Å². The molecular weight excluding hydrogens is 540 g/mol. The molecular formula is C29H31ClN2O6S. The maximum atomic E-state index is 13.7. The second-order valence-electron chi connectivity index (χ2n) is 10.4. The van der Waals surface area contributed by atoms with Crippen LogP contribution in [-0.4, -0.2) is 56.3 Å². The lowest BCUT2D eigenvalue weighted by Gasteiger charge is -2.45. The summed E-state index contributed by atoms with van der Waals surface area (Å²) in [7, 11) is -1.79. The van der Waals surface area contributed by atoms with Gasteiger partial charge < -0.3 is 19.5 Å². The summed E-state index contributed by atoms with van der Waals surface area (Å²) in [5.74, 6) is 1.07. The van der Waals surface area contributed by atoms with Crippen LogP contribution in [0.4, 0.5) is 5.69 Å². The fraction of sp³-hybridized carbons (Fsp3) is 0.345. The fourth-order valence-corrected chi connectivity index (χ4v) is 6.24. The van der Waals surface area contributed by atoms with Crippen molar-refractivity contribution in [1.29, 1.82) is 0 Å². The van der Waals surface area contributed by atoms with Crippen LogP contribution in [0.25, 0.3) is 0 Å². The van der Waals surface area contributed by atoms with Gasteiger partial charge in [-0.25, -0.2) is 8.42 Å². The van der Waals surface area contributed by atoms with Crippen molar-refractivity contribution < 1.29 is 27.8 Å². The first-order valence-corrected chi connectivity index (χ1v) is 14.9. The zero-order chi connectivity index (χ0) is 28.1. The number of β-amino-alcohol motifs (C(OH)–C–C–N with tert-alkyl or cyclic N) is 1. The molecule has 1 atom stereocenters. The number of benzene rings is 3. The molecule has 0 bridgehead atoms. The standard InChI is InChI=1S/C29H31ClN2O6S/c1-18(2)38-26-15-24-20(13-25(26)37-3)14-27(33)32(28(24)19-5-9-22(30)10-6-19)23-11-7-21(8-12-23)29(34)16-31(17-29)39(4,35)36/h5-13,15,18,28,34H,14,16-17H2,1-4H3/t28-/m0/s1. The number of hydrogen-bond donors (Lipinski definition) is 1. The number of halogens is 1. The number of aliphatic hydroxyl groups is 1. The molecule has 1 saturated heterocycles.